The van der Waals surface area contributed by atoms with Crippen molar-refractivity contribution in [2.45, 2.75) is 36.5 Å². The van der Waals surface area contributed by atoms with E-state index in [1.165, 1.54) is 32.1 Å². The van der Waals surface area contributed by atoms with Crippen LogP contribution in [0.25, 0.3) is 11.1 Å². The van der Waals surface area contributed by atoms with Gasteiger partial charge in [0.05, 0.1) is 11.9 Å². The number of pyridine rings is 1. The summed E-state index contributed by atoms with van der Waals surface area (Å²) in [6, 6.07) is 9.48. The molecule has 1 aromatic heterocycles. The standard InChI is InChI=1S/C21H26N2O4S/c1-16-15-27-20-19(9-10-22-21(20)28(16,24)25)17-5-7-18(8-6-17)26-14-4-13-23-11-2-3-12-23/h5-10,16H,2-4,11-15H2,1H3. The molecular weight excluding hydrogens is 376 g/mol. The van der Waals surface area contributed by atoms with Gasteiger partial charge in [-0.15, -0.1) is 0 Å². The summed E-state index contributed by atoms with van der Waals surface area (Å²) in [7, 11) is -3.45. The predicted octanol–water partition coefficient (Wildman–Crippen LogP) is 3.17. The largest absolute Gasteiger partial charge is 0.494 e. The minimum atomic E-state index is -3.45. The predicted molar refractivity (Wildman–Crippen MR) is 108 cm³/mol. The van der Waals surface area contributed by atoms with Gasteiger partial charge in [-0.2, -0.15) is 0 Å². The lowest BCUT2D eigenvalue weighted by Crippen LogP contribution is -2.31. The molecule has 1 unspecified atom stereocenters. The van der Waals surface area contributed by atoms with E-state index in [0.29, 0.717) is 12.4 Å². The lowest BCUT2D eigenvalue weighted by atomic mass is 10.1. The summed E-state index contributed by atoms with van der Waals surface area (Å²) < 4.78 is 36.6. The van der Waals surface area contributed by atoms with Gasteiger partial charge in [0.2, 0.25) is 9.84 Å². The van der Waals surface area contributed by atoms with E-state index in [4.69, 9.17) is 9.47 Å². The molecule has 3 heterocycles. The number of aromatic nitrogens is 1. The van der Waals surface area contributed by atoms with Crippen LogP contribution < -0.4 is 9.47 Å². The van der Waals surface area contributed by atoms with Crippen LogP contribution in [0.2, 0.25) is 0 Å². The first-order chi connectivity index (χ1) is 13.6. The van der Waals surface area contributed by atoms with Crippen molar-refractivity contribution in [1.82, 2.24) is 9.88 Å². The van der Waals surface area contributed by atoms with Crippen LogP contribution in [0.4, 0.5) is 0 Å². The second-order valence-corrected chi connectivity index (χ2v) is 9.72. The van der Waals surface area contributed by atoms with Gasteiger partial charge >= 0.3 is 0 Å². The molecule has 0 radical (unpaired) electrons. The molecule has 2 aromatic rings. The summed E-state index contributed by atoms with van der Waals surface area (Å²) in [5.41, 5.74) is 1.62. The molecule has 1 fully saturated rings. The van der Waals surface area contributed by atoms with Crippen molar-refractivity contribution in [3.63, 3.8) is 0 Å². The molecule has 1 saturated heterocycles. The van der Waals surface area contributed by atoms with Gasteiger partial charge < -0.3 is 14.4 Å². The number of hydrogen-bond donors (Lipinski definition) is 0. The van der Waals surface area contributed by atoms with Gasteiger partial charge in [0.25, 0.3) is 0 Å². The van der Waals surface area contributed by atoms with Gasteiger partial charge in [-0.25, -0.2) is 13.4 Å². The zero-order valence-corrected chi connectivity index (χ0v) is 17.0. The topological polar surface area (TPSA) is 68.7 Å². The van der Waals surface area contributed by atoms with E-state index in [1.54, 1.807) is 13.0 Å². The van der Waals surface area contributed by atoms with E-state index in [2.05, 4.69) is 9.88 Å². The number of hydrogen-bond acceptors (Lipinski definition) is 6. The highest BCUT2D eigenvalue weighted by Gasteiger charge is 2.35. The lowest BCUT2D eigenvalue weighted by Gasteiger charge is -2.24. The molecule has 0 spiro atoms. The average Bonchev–Trinajstić information content (AvgIpc) is 3.22. The summed E-state index contributed by atoms with van der Waals surface area (Å²) in [5.74, 6) is 1.16. The third-order valence-electron chi connectivity index (χ3n) is 5.38. The molecule has 4 rings (SSSR count). The zero-order chi connectivity index (χ0) is 19.6. The quantitative estimate of drug-likeness (QED) is 0.692. The fourth-order valence-electron chi connectivity index (χ4n) is 3.69. The van der Waals surface area contributed by atoms with Crippen molar-refractivity contribution in [3.8, 4) is 22.6 Å². The molecule has 28 heavy (non-hydrogen) atoms. The van der Waals surface area contributed by atoms with E-state index in [-0.39, 0.29) is 11.6 Å². The van der Waals surface area contributed by atoms with E-state index >= 15 is 0 Å². The fraction of sp³-hybridized carbons (Fsp3) is 0.476. The highest BCUT2D eigenvalue weighted by Crippen LogP contribution is 2.39. The Morgan fingerprint density at radius 3 is 2.68 bits per heavy atom. The Balaban J connectivity index is 1.44. The van der Waals surface area contributed by atoms with Crippen LogP contribution in [-0.2, 0) is 9.84 Å². The molecule has 7 heteroatoms. The lowest BCUT2D eigenvalue weighted by molar-refractivity contribution is 0.263. The summed E-state index contributed by atoms with van der Waals surface area (Å²) in [6.45, 7) is 5.99. The summed E-state index contributed by atoms with van der Waals surface area (Å²) >= 11 is 0. The van der Waals surface area contributed by atoms with Crippen molar-refractivity contribution in [1.29, 1.82) is 0 Å². The molecule has 2 aliphatic heterocycles. The Kier molecular flexibility index (Phi) is 5.55. The number of likely N-dealkylation sites (tertiary alicyclic amines) is 1. The Labute approximate surface area is 166 Å². The van der Waals surface area contributed by atoms with E-state index in [9.17, 15) is 8.42 Å². The monoisotopic (exact) mass is 402 g/mol. The van der Waals surface area contributed by atoms with Crippen LogP contribution in [0.3, 0.4) is 0 Å². The maximum atomic E-state index is 12.5. The average molecular weight is 403 g/mol. The van der Waals surface area contributed by atoms with Crippen LogP contribution in [0.1, 0.15) is 26.2 Å². The van der Waals surface area contributed by atoms with Crippen LogP contribution in [0.5, 0.6) is 11.5 Å². The highest BCUT2D eigenvalue weighted by molar-refractivity contribution is 7.92. The van der Waals surface area contributed by atoms with Gasteiger partial charge in [0, 0.05) is 18.3 Å². The first kappa shape index (κ1) is 19.2. The molecule has 2 aliphatic rings. The van der Waals surface area contributed by atoms with Gasteiger partial charge in [-0.05, 0) is 63.0 Å². The molecular formula is C21H26N2O4S. The number of sulfone groups is 1. The summed E-state index contributed by atoms with van der Waals surface area (Å²) in [4.78, 5) is 6.55. The van der Waals surface area contributed by atoms with E-state index in [0.717, 1.165) is 29.8 Å². The maximum absolute atomic E-state index is 12.5. The molecule has 0 aliphatic carbocycles. The maximum Gasteiger partial charge on any atom is 0.205 e. The zero-order valence-electron chi connectivity index (χ0n) is 16.1. The van der Waals surface area contributed by atoms with Gasteiger partial charge in [0.1, 0.15) is 12.4 Å². The first-order valence-electron chi connectivity index (χ1n) is 9.87. The van der Waals surface area contributed by atoms with Crippen LogP contribution in [-0.4, -0.2) is 56.4 Å². The molecule has 150 valence electrons. The third-order valence-corrected chi connectivity index (χ3v) is 7.41. The van der Waals surface area contributed by atoms with Crippen molar-refractivity contribution >= 4 is 9.84 Å². The smallest absolute Gasteiger partial charge is 0.205 e. The van der Waals surface area contributed by atoms with Gasteiger partial charge in [0.15, 0.2) is 10.8 Å². The normalized spacial score (nSPS) is 21.1. The van der Waals surface area contributed by atoms with Crippen LogP contribution in [0.15, 0.2) is 41.6 Å². The van der Waals surface area contributed by atoms with Crippen molar-refractivity contribution < 1.29 is 17.9 Å². The van der Waals surface area contributed by atoms with E-state index in [1.807, 2.05) is 24.3 Å². The molecule has 1 atom stereocenters. The minimum Gasteiger partial charge on any atom is -0.494 e. The first-order valence-corrected chi connectivity index (χ1v) is 11.4. The third kappa shape index (κ3) is 3.86. The minimum absolute atomic E-state index is 0.0333. The molecule has 1 aromatic carbocycles. The molecule has 0 N–H and O–H groups in total. The Morgan fingerprint density at radius 1 is 1.18 bits per heavy atom. The fourth-order valence-corrected chi connectivity index (χ4v) is 4.96. The molecule has 0 bridgehead atoms. The number of nitrogens with zero attached hydrogens (tertiary/aromatic N) is 2. The number of fused-ring (bicyclic) bond motifs is 1. The van der Waals surface area contributed by atoms with Gasteiger partial charge in [-0.3, -0.25) is 0 Å². The number of rotatable bonds is 6. The highest BCUT2D eigenvalue weighted by atomic mass is 32.2. The SMILES string of the molecule is CC1COc2c(-c3ccc(OCCCN4CCCC4)cc3)ccnc2S1(=O)=O. The summed E-state index contributed by atoms with van der Waals surface area (Å²) in [6.07, 6.45) is 5.16. The van der Waals surface area contributed by atoms with Gasteiger partial charge in [-0.1, -0.05) is 12.1 Å². The molecule has 6 nitrogen and oxygen atoms in total. The Hall–Kier alpha value is -2.12. The number of benzene rings is 1. The summed E-state index contributed by atoms with van der Waals surface area (Å²) in [5, 5.41) is -0.551. The van der Waals surface area contributed by atoms with E-state index < -0.39 is 15.1 Å². The number of ether oxygens (including phenoxy) is 2. The van der Waals surface area contributed by atoms with Crippen LogP contribution in [0, 0.1) is 0 Å². The van der Waals surface area contributed by atoms with Crippen LogP contribution >= 0.6 is 0 Å². The molecule has 0 saturated carbocycles. The van der Waals surface area contributed by atoms with Crippen molar-refractivity contribution in [2.75, 3.05) is 32.8 Å². The second kappa shape index (κ2) is 8.09. The van der Waals surface area contributed by atoms with Crippen molar-refractivity contribution in [2.24, 2.45) is 0 Å². The second-order valence-electron chi connectivity index (χ2n) is 7.43. The Morgan fingerprint density at radius 2 is 1.93 bits per heavy atom. The van der Waals surface area contributed by atoms with Crippen molar-refractivity contribution in [3.05, 3.63) is 36.5 Å². The Bertz CT molecular complexity index is 922. The molecule has 0 amide bonds.